The molecule has 1 heterocycles. The van der Waals surface area contributed by atoms with E-state index in [1.54, 1.807) is 5.51 Å². The fourth-order valence-corrected chi connectivity index (χ4v) is 3.10. The Balaban J connectivity index is 2.18. The molecule has 1 amide bonds. The Labute approximate surface area is 115 Å². The monoisotopic (exact) mass is 284 g/mol. The topological polar surface area (TPSA) is 80.9 Å². The van der Waals surface area contributed by atoms with Crippen LogP contribution in [0.4, 0.5) is 5.13 Å². The third-order valence-electron chi connectivity index (χ3n) is 3.44. The van der Waals surface area contributed by atoms with Crippen molar-refractivity contribution in [3.63, 3.8) is 0 Å². The molecule has 3 N–H and O–H groups in total. The number of rotatable bonds is 3. The quantitative estimate of drug-likeness (QED) is 0.656. The number of hydrogen-bond donors (Lipinski definition) is 2. The first-order valence-electron chi connectivity index (χ1n) is 6.03. The molecule has 0 bridgehead atoms. The predicted octanol–water partition coefficient (Wildman–Crippen LogP) is 2.10. The van der Waals surface area contributed by atoms with E-state index in [1.807, 2.05) is 0 Å². The van der Waals surface area contributed by atoms with Crippen LogP contribution in [0.2, 0.25) is 0 Å². The molecule has 1 fully saturated rings. The summed E-state index contributed by atoms with van der Waals surface area (Å²) in [5.74, 6) is -0.131. The summed E-state index contributed by atoms with van der Waals surface area (Å²) >= 11 is 6.44. The highest BCUT2D eigenvalue weighted by molar-refractivity contribution is 7.80. The third-order valence-corrected chi connectivity index (χ3v) is 4.44. The van der Waals surface area contributed by atoms with Crippen LogP contribution in [-0.4, -0.2) is 21.1 Å². The second kappa shape index (κ2) is 5.71. The van der Waals surface area contributed by atoms with E-state index in [-0.39, 0.29) is 5.91 Å². The lowest BCUT2D eigenvalue weighted by atomic mass is 9.79. The van der Waals surface area contributed by atoms with Crippen LogP contribution in [-0.2, 0) is 4.79 Å². The first-order chi connectivity index (χ1) is 8.65. The Morgan fingerprint density at radius 3 is 2.56 bits per heavy atom. The molecule has 0 atom stereocenters. The van der Waals surface area contributed by atoms with Gasteiger partial charge < -0.3 is 5.73 Å². The molecule has 0 aromatic carbocycles. The number of amides is 1. The van der Waals surface area contributed by atoms with E-state index < -0.39 is 5.41 Å². The Hall–Kier alpha value is -1.08. The van der Waals surface area contributed by atoms with Crippen LogP contribution in [0.1, 0.15) is 38.5 Å². The van der Waals surface area contributed by atoms with Crippen molar-refractivity contribution in [2.75, 3.05) is 5.32 Å². The number of carbonyl (C=O) groups is 1. The molecule has 18 heavy (non-hydrogen) atoms. The van der Waals surface area contributed by atoms with Crippen LogP contribution >= 0.6 is 23.6 Å². The van der Waals surface area contributed by atoms with Crippen LogP contribution in [0.15, 0.2) is 5.51 Å². The first-order valence-corrected chi connectivity index (χ1v) is 7.31. The van der Waals surface area contributed by atoms with Gasteiger partial charge >= 0.3 is 0 Å². The molecular weight excluding hydrogens is 268 g/mol. The minimum absolute atomic E-state index is 0.131. The second-order valence-corrected chi connectivity index (χ2v) is 5.83. The maximum atomic E-state index is 12.4. The van der Waals surface area contributed by atoms with Crippen molar-refractivity contribution in [3.05, 3.63) is 5.51 Å². The standard InChI is InChI=1S/C11H16N4OS2/c12-8(17)11(5-3-1-2-4-6-11)9(16)14-10-15-13-7-18-10/h7H,1-6H2,(H2,12,17)(H,14,15,16). The van der Waals surface area contributed by atoms with Crippen molar-refractivity contribution in [1.29, 1.82) is 0 Å². The van der Waals surface area contributed by atoms with E-state index in [4.69, 9.17) is 18.0 Å². The maximum absolute atomic E-state index is 12.4. The molecule has 0 spiro atoms. The van der Waals surface area contributed by atoms with Gasteiger partial charge in [0.05, 0.1) is 10.4 Å². The van der Waals surface area contributed by atoms with E-state index in [1.165, 1.54) is 11.3 Å². The Kier molecular flexibility index (Phi) is 4.23. The molecule has 1 saturated carbocycles. The van der Waals surface area contributed by atoms with E-state index in [0.29, 0.717) is 10.1 Å². The van der Waals surface area contributed by atoms with Gasteiger partial charge in [0.25, 0.3) is 0 Å². The van der Waals surface area contributed by atoms with Gasteiger partial charge in [-0.25, -0.2) is 0 Å². The Morgan fingerprint density at radius 1 is 1.39 bits per heavy atom. The fraction of sp³-hybridized carbons (Fsp3) is 0.636. The number of hydrogen-bond acceptors (Lipinski definition) is 5. The summed E-state index contributed by atoms with van der Waals surface area (Å²) in [7, 11) is 0. The predicted molar refractivity (Wildman–Crippen MR) is 75.5 cm³/mol. The van der Waals surface area contributed by atoms with Crippen LogP contribution < -0.4 is 11.1 Å². The van der Waals surface area contributed by atoms with Gasteiger partial charge in [0.2, 0.25) is 11.0 Å². The zero-order valence-corrected chi connectivity index (χ0v) is 11.6. The zero-order chi connectivity index (χ0) is 13.0. The molecular formula is C11H16N4OS2. The normalized spacial score (nSPS) is 18.9. The number of thiocarbonyl (C=S) groups is 1. The van der Waals surface area contributed by atoms with Gasteiger partial charge in [0.1, 0.15) is 5.51 Å². The lowest BCUT2D eigenvalue weighted by Gasteiger charge is -2.29. The van der Waals surface area contributed by atoms with Gasteiger partial charge in [-0.05, 0) is 12.8 Å². The smallest absolute Gasteiger partial charge is 0.239 e. The lowest BCUT2D eigenvalue weighted by molar-refractivity contribution is -0.122. The number of aromatic nitrogens is 2. The fourth-order valence-electron chi connectivity index (χ4n) is 2.36. The van der Waals surface area contributed by atoms with Crippen molar-refractivity contribution in [2.45, 2.75) is 38.5 Å². The third kappa shape index (κ3) is 2.67. The summed E-state index contributed by atoms with van der Waals surface area (Å²) in [6, 6.07) is 0. The molecule has 5 nitrogen and oxygen atoms in total. The van der Waals surface area contributed by atoms with Crippen LogP contribution in [0.3, 0.4) is 0 Å². The summed E-state index contributed by atoms with van der Waals surface area (Å²) in [5.41, 5.74) is 6.71. The molecule has 1 aliphatic rings. The summed E-state index contributed by atoms with van der Waals surface area (Å²) in [6.07, 6.45) is 5.70. The summed E-state index contributed by atoms with van der Waals surface area (Å²) in [4.78, 5) is 12.7. The summed E-state index contributed by atoms with van der Waals surface area (Å²) in [6.45, 7) is 0. The molecule has 7 heteroatoms. The second-order valence-electron chi connectivity index (χ2n) is 4.56. The van der Waals surface area contributed by atoms with Crippen molar-refractivity contribution < 1.29 is 4.79 Å². The minimum atomic E-state index is -0.711. The van der Waals surface area contributed by atoms with Gasteiger partial charge in [-0.15, -0.1) is 10.2 Å². The lowest BCUT2D eigenvalue weighted by Crippen LogP contribution is -2.45. The van der Waals surface area contributed by atoms with Crippen LogP contribution in [0.25, 0.3) is 0 Å². The van der Waals surface area contributed by atoms with Crippen molar-refractivity contribution >= 4 is 39.6 Å². The number of nitrogens with two attached hydrogens (primary N) is 1. The highest BCUT2D eigenvalue weighted by Crippen LogP contribution is 2.36. The van der Waals surface area contributed by atoms with E-state index >= 15 is 0 Å². The number of anilines is 1. The number of nitrogens with one attached hydrogen (secondary N) is 1. The van der Waals surface area contributed by atoms with Gasteiger partial charge in [0.15, 0.2) is 0 Å². The Morgan fingerprint density at radius 2 is 2.06 bits per heavy atom. The number of carbonyl (C=O) groups excluding carboxylic acids is 1. The van der Waals surface area contributed by atoms with Crippen molar-refractivity contribution in [1.82, 2.24) is 10.2 Å². The van der Waals surface area contributed by atoms with Gasteiger partial charge in [-0.2, -0.15) is 0 Å². The summed E-state index contributed by atoms with van der Waals surface area (Å²) in [5, 5.41) is 10.8. The highest BCUT2D eigenvalue weighted by Gasteiger charge is 2.41. The molecule has 2 rings (SSSR count). The van der Waals surface area contributed by atoms with E-state index in [2.05, 4.69) is 15.5 Å². The van der Waals surface area contributed by atoms with Crippen LogP contribution in [0, 0.1) is 5.41 Å². The average Bonchev–Trinajstić information content (AvgIpc) is 2.70. The summed E-state index contributed by atoms with van der Waals surface area (Å²) < 4.78 is 0. The largest absolute Gasteiger partial charge is 0.392 e. The molecule has 0 unspecified atom stereocenters. The molecule has 98 valence electrons. The molecule has 0 aliphatic heterocycles. The van der Waals surface area contributed by atoms with Crippen LogP contribution in [0.5, 0.6) is 0 Å². The molecule has 0 radical (unpaired) electrons. The van der Waals surface area contributed by atoms with Crippen molar-refractivity contribution in [2.24, 2.45) is 11.1 Å². The van der Waals surface area contributed by atoms with E-state index in [0.717, 1.165) is 38.5 Å². The molecule has 1 aliphatic carbocycles. The van der Waals surface area contributed by atoms with Gasteiger partial charge in [-0.1, -0.05) is 49.2 Å². The van der Waals surface area contributed by atoms with Gasteiger partial charge in [-0.3, -0.25) is 10.1 Å². The molecule has 0 saturated heterocycles. The Bertz CT molecular complexity index is 424. The first kappa shape index (κ1) is 13.4. The molecule has 1 aromatic heterocycles. The van der Waals surface area contributed by atoms with Crippen molar-refractivity contribution in [3.8, 4) is 0 Å². The minimum Gasteiger partial charge on any atom is -0.392 e. The number of nitrogens with zero attached hydrogens (tertiary/aromatic N) is 2. The SMILES string of the molecule is NC(=S)C1(C(=O)Nc2nncs2)CCCCCC1. The maximum Gasteiger partial charge on any atom is 0.239 e. The highest BCUT2D eigenvalue weighted by atomic mass is 32.1. The van der Waals surface area contributed by atoms with E-state index in [9.17, 15) is 4.79 Å². The molecule has 1 aromatic rings. The van der Waals surface area contributed by atoms with Gasteiger partial charge in [0, 0.05) is 0 Å². The average molecular weight is 284 g/mol. The zero-order valence-electron chi connectivity index (χ0n) is 10.0.